The number of hydrogen-bond donors (Lipinski definition) is 1. The van der Waals surface area contributed by atoms with E-state index in [2.05, 4.69) is 16.4 Å². The van der Waals surface area contributed by atoms with Crippen molar-refractivity contribution in [2.24, 2.45) is 0 Å². The van der Waals surface area contributed by atoms with E-state index in [1.807, 2.05) is 31.4 Å². The van der Waals surface area contributed by atoms with Crippen LogP contribution in [0.4, 0.5) is 0 Å². The summed E-state index contributed by atoms with van der Waals surface area (Å²) in [5, 5.41) is 4.76. The van der Waals surface area contributed by atoms with Gasteiger partial charge in [0.1, 0.15) is 0 Å². The lowest BCUT2D eigenvalue weighted by Crippen LogP contribution is -2.28. The molecule has 0 fully saturated rings. The van der Waals surface area contributed by atoms with Gasteiger partial charge in [0, 0.05) is 28.5 Å². The number of likely N-dealkylation sites (N-methyl/N-ethyl adjacent to an activating group) is 1. The Morgan fingerprint density at radius 3 is 2.75 bits per heavy atom. The van der Waals surface area contributed by atoms with Crippen molar-refractivity contribution in [1.29, 1.82) is 0 Å². The van der Waals surface area contributed by atoms with Crippen molar-refractivity contribution in [3.8, 4) is 0 Å². The van der Waals surface area contributed by atoms with Gasteiger partial charge >= 0.3 is 0 Å². The number of aromatic nitrogens is 1. The fraction of sp³-hybridized carbons (Fsp3) is 0.312. The molecule has 0 spiro atoms. The summed E-state index contributed by atoms with van der Waals surface area (Å²) in [6.07, 6.45) is 6.66. The van der Waals surface area contributed by atoms with E-state index in [4.69, 9.17) is 23.2 Å². The van der Waals surface area contributed by atoms with Crippen molar-refractivity contribution in [3.63, 3.8) is 0 Å². The van der Waals surface area contributed by atoms with E-state index in [1.165, 1.54) is 5.56 Å². The molecule has 0 saturated heterocycles. The molecule has 0 saturated carbocycles. The van der Waals surface area contributed by atoms with Crippen molar-refractivity contribution in [1.82, 2.24) is 10.3 Å². The van der Waals surface area contributed by atoms with E-state index in [9.17, 15) is 0 Å². The highest BCUT2D eigenvalue weighted by Gasteiger charge is 2.10. The third-order valence-electron chi connectivity index (χ3n) is 3.39. The van der Waals surface area contributed by atoms with Gasteiger partial charge in [-0.05, 0) is 55.6 Å². The zero-order valence-corrected chi connectivity index (χ0v) is 13.0. The Morgan fingerprint density at radius 2 is 2.10 bits per heavy atom. The van der Waals surface area contributed by atoms with E-state index in [0.717, 1.165) is 29.8 Å². The minimum atomic E-state index is 0.383. The van der Waals surface area contributed by atoms with Gasteiger partial charge in [0.25, 0.3) is 0 Å². The predicted octanol–water partition coefficient (Wildman–Crippen LogP) is 4.15. The monoisotopic (exact) mass is 308 g/mol. The summed E-state index contributed by atoms with van der Waals surface area (Å²) in [5.41, 5.74) is 2.39. The molecule has 1 aromatic carbocycles. The van der Waals surface area contributed by atoms with Gasteiger partial charge in [0.15, 0.2) is 0 Å². The lowest BCUT2D eigenvalue weighted by Gasteiger charge is -2.17. The molecule has 106 valence electrons. The highest BCUT2D eigenvalue weighted by atomic mass is 35.5. The van der Waals surface area contributed by atoms with Crippen LogP contribution in [0.25, 0.3) is 0 Å². The number of hydrogen-bond acceptors (Lipinski definition) is 2. The molecule has 1 N–H and O–H groups in total. The van der Waals surface area contributed by atoms with E-state index in [0.29, 0.717) is 11.1 Å². The molecule has 2 rings (SSSR count). The van der Waals surface area contributed by atoms with Gasteiger partial charge in [0.2, 0.25) is 0 Å². The van der Waals surface area contributed by atoms with Crippen LogP contribution in [-0.4, -0.2) is 18.1 Å². The molecular weight excluding hydrogens is 291 g/mol. The van der Waals surface area contributed by atoms with Crippen LogP contribution < -0.4 is 5.32 Å². The lowest BCUT2D eigenvalue weighted by atomic mass is 10.00. The first-order valence-electron chi connectivity index (χ1n) is 6.69. The van der Waals surface area contributed by atoms with Crippen molar-refractivity contribution in [2.75, 3.05) is 7.05 Å². The van der Waals surface area contributed by atoms with E-state index in [1.54, 1.807) is 12.3 Å². The second-order valence-corrected chi connectivity index (χ2v) is 5.67. The third kappa shape index (κ3) is 4.48. The molecule has 1 aromatic heterocycles. The van der Waals surface area contributed by atoms with E-state index < -0.39 is 0 Å². The Hall–Kier alpha value is -1.09. The van der Waals surface area contributed by atoms with Crippen molar-refractivity contribution in [3.05, 3.63) is 63.9 Å². The highest BCUT2D eigenvalue weighted by molar-refractivity contribution is 6.35. The number of nitrogens with one attached hydrogen (secondary N) is 1. The molecule has 1 atom stereocenters. The average molecular weight is 309 g/mol. The van der Waals surface area contributed by atoms with Gasteiger partial charge in [-0.1, -0.05) is 35.3 Å². The lowest BCUT2D eigenvalue weighted by molar-refractivity contribution is 0.520. The van der Waals surface area contributed by atoms with Gasteiger partial charge in [-0.25, -0.2) is 0 Å². The molecular formula is C16H18Cl2N2. The molecule has 0 aliphatic rings. The SMILES string of the molecule is CNC(CCc1cccnc1)Cc1ccc(Cl)cc1Cl. The normalized spacial score (nSPS) is 12.3. The number of benzene rings is 1. The number of halogens is 2. The number of aryl methyl sites for hydroxylation is 1. The van der Waals surface area contributed by atoms with Crippen molar-refractivity contribution >= 4 is 23.2 Å². The van der Waals surface area contributed by atoms with Gasteiger partial charge in [0.05, 0.1) is 0 Å². The zero-order valence-electron chi connectivity index (χ0n) is 11.4. The quantitative estimate of drug-likeness (QED) is 0.867. The third-order valence-corrected chi connectivity index (χ3v) is 3.98. The maximum atomic E-state index is 6.23. The van der Waals surface area contributed by atoms with Crippen molar-refractivity contribution < 1.29 is 0 Å². The van der Waals surface area contributed by atoms with Gasteiger partial charge in [-0.3, -0.25) is 4.98 Å². The molecule has 0 bridgehead atoms. The molecule has 4 heteroatoms. The zero-order chi connectivity index (χ0) is 14.4. The first-order valence-corrected chi connectivity index (χ1v) is 7.44. The summed E-state index contributed by atoms with van der Waals surface area (Å²) < 4.78 is 0. The Labute approximate surface area is 130 Å². The smallest absolute Gasteiger partial charge is 0.0453 e. The van der Waals surface area contributed by atoms with Gasteiger partial charge < -0.3 is 5.32 Å². The summed E-state index contributed by atoms with van der Waals surface area (Å²) in [6.45, 7) is 0. The van der Waals surface area contributed by atoms with Gasteiger partial charge in [-0.15, -0.1) is 0 Å². The van der Waals surface area contributed by atoms with Crippen LogP contribution >= 0.6 is 23.2 Å². The molecule has 1 unspecified atom stereocenters. The van der Waals surface area contributed by atoms with Crippen LogP contribution in [0, 0.1) is 0 Å². The second-order valence-electron chi connectivity index (χ2n) is 4.83. The first-order chi connectivity index (χ1) is 9.69. The highest BCUT2D eigenvalue weighted by Crippen LogP contribution is 2.22. The number of nitrogens with zero attached hydrogens (tertiary/aromatic N) is 1. The fourth-order valence-corrected chi connectivity index (χ4v) is 2.67. The van der Waals surface area contributed by atoms with Crippen LogP contribution in [-0.2, 0) is 12.8 Å². The molecule has 2 aromatic rings. The van der Waals surface area contributed by atoms with Crippen LogP contribution in [0.15, 0.2) is 42.7 Å². The van der Waals surface area contributed by atoms with Crippen LogP contribution in [0.1, 0.15) is 17.5 Å². The van der Waals surface area contributed by atoms with E-state index >= 15 is 0 Å². The minimum Gasteiger partial charge on any atom is -0.317 e. The molecule has 20 heavy (non-hydrogen) atoms. The molecule has 0 radical (unpaired) electrons. The Morgan fingerprint density at radius 1 is 1.25 bits per heavy atom. The molecule has 0 aliphatic carbocycles. The summed E-state index contributed by atoms with van der Waals surface area (Å²) in [6, 6.07) is 10.1. The fourth-order valence-electron chi connectivity index (χ4n) is 2.19. The first kappa shape index (κ1) is 15.3. The standard InChI is InChI=1S/C16H18Cl2N2/c1-19-15(7-4-12-3-2-8-20-11-12)9-13-5-6-14(17)10-16(13)18/h2-3,5-6,8,10-11,15,19H,4,7,9H2,1H3. The topological polar surface area (TPSA) is 24.9 Å². The Kier molecular flexibility index (Phi) is 5.84. The molecule has 2 nitrogen and oxygen atoms in total. The Balaban J connectivity index is 1.95. The second kappa shape index (κ2) is 7.63. The summed E-state index contributed by atoms with van der Waals surface area (Å²) in [5.74, 6) is 0. The number of pyridine rings is 1. The molecule has 0 aliphatic heterocycles. The Bertz CT molecular complexity index is 543. The van der Waals surface area contributed by atoms with Crippen LogP contribution in [0.5, 0.6) is 0 Å². The van der Waals surface area contributed by atoms with Crippen LogP contribution in [0.3, 0.4) is 0 Å². The summed E-state index contributed by atoms with van der Waals surface area (Å²) in [7, 11) is 1.98. The van der Waals surface area contributed by atoms with E-state index in [-0.39, 0.29) is 0 Å². The van der Waals surface area contributed by atoms with Crippen LogP contribution in [0.2, 0.25) is 10.0 Å². The maximum absolute atomic E-state index is 6.23. The molecule has 0 amide bonds. The maximum Gasteiger partial charge on any atom is 0.0453 e. The number of rotatable bonds is 6. The summed E-state index contributed by atoms with van der Waals surface area (Å²) >= 11 is 12.1. The predicted molar refractivity (Wildman–Crippen MR) is 85.6 cm³/mol. The molecule has 1 heterocycles. The summed E-state index contributed by atoms with van der Waals surface area (Å²) in [4.78, 5) is 4.14. The van der Waals surface area contributed by atoms with Crippen molar-refractivity contribution in [2.45, 2.75) is 25.3 Å². The van der Waals surface area contributed by atoms with Gasteiger partial charge in [-0.2, -0.15) is 0 Å². The minimum absolute atomic E-state index is 0.383. The average Bonchev–Trinajstić information content (AvgIpc) is 2.46. The largest absolute Gasteiger partial charge is 0.317 e.